The molecule has 0 aliphatic carbocycles. The van der Waals surface area contributed by atoms with Gasteiger partial charge in [-0.15, -0.1) is 16.4 Å². The van der Waals surface area contributed by atoms with E-state index in [0.717, 1.165) is 25.2 Å². The normalized spacial score (nSPS) is 13.6. The summed E-state index contributed by atoms with van der Waals surface area (Å²) in [7, 11) is 0. The molecular weight excluding hydrogens is 282 g/mol. The van der Waals surface area contributed by atoms with Crippen LogP contribution in [0.25, 0.3) is 0 Å². The molecule has 6 heteroatoms. The predicted molar refractivity (Wildman–Crippen MR) is 86.6 cm³/mol. The molecule has 0 radical (unpaired) electrons. The van der Waals surface area contributed by atoms with Crippen molar-refractivity contribution in [2.24, 2.45) is 0 Å². The van der Waals surface area contributed by atoms with Gasteiger partial charge in [-0.3, -0.25) is 4.68 Å². The number of rotatable bonds is 6. The minimum Gasteiger partial charge on any atom is -0.309 e. The second kappa shape index (κ2) is 6.66. The number of nitrogens with one attached hydrogen (secondary N) is 1. The molecule has 0 aliphatic heterocycles. The van der Waals surface area contributed by atoms with E-state index in [2.05, 4.69) is 50.2 Å². The number of nitrogens with zero attached hydrogens (tertiary/aromatic N) is 4. The Hall–Kier alpha value is -1.27. The molecule has 2 aromatic heterocycles. The second-order valence-electron chi connectivity index (χ2n) is 6.41. The van der Waals surface area contributed by atoms with Crippen LogP contribution < -0.4 is 5.32 Å². The Kier molecular flexibility index (Phi) is 5.11. The number of hydrogen-bond donors (Lipinski definition) is 1. The Bertz CT molecular complexity index is 553. The molecule has 0 saturated carbocycles. The van der Waals surface area contributed by atoms with E-state index in [1.807, 2.05) is 22.2 Å². The van der Waals surface area contributed by atoms with E-state index in [1.165, 1.54) is 9.88 Å². The highest BCUT2D eigenvalue weighted by Crippen LogP contribution is 2.32. The molecular formula is C15H25N5S. The maximum absolute atomic E-state index is 4.73. The maximum atomic E-state index is 4.73. The van der Waals surface area contributed by atoms with Crippen LogP contribution in [0.1, 0.15) is 55.7 Å². The molecule has 1 N–H and O–H groups in total. The van der Waals surface area contributed by atoms with E-state index in [4.69, 9.17) is 4.98 Å². The summed E-state index contributed by atoms with van der Waals surface area (Å²) < 4.78 is 1.86. The van der Waals surface area contributed by atoms with Crippen molar-refractivity contribution in [3.05, 3.63) is 28.0 Å². The summed E-state index contributed by atoms with van der Waals surface area (Å²) in [4.78, 5) is 6.08. The minimum atomic E-state index is 0.125. The second-order valence-corrected chi connectivity index (χ2v) is 7.44. The first-order valence-electron chi connectivity index (χ1n) is 7.43. The molecule has 0 aromatic carbocycles. The van der Waals surface area contributed by atoms with Crippen LogP contribution in [0, 0.1) is 6.92 Å². The van der Waals surface area contributed by atoms with Crippen LogP contribution in [-0.2, 0) is 12.0 Å². The van der Waals surface area contributed by atoms with Gasteiger partial charge < -0.3 is 5.32 Å². The van der Waals surface area contributed by atoms with Crippen LogP contribution in [0.15, 0.2) is 12.4 Å². The van der Waals surface area contributed by atoms with Crippen molar-refractivity contribution >= 4 is 11.3 Å². The Balaban J connectivity index is 1.85. The van der Waals surface area contributed by atoms with E-state index < -0.39 is 0 Å². The molecule has 0 fully saturated rings. The smallest absolute Gasteiger partial charge is 0.0985 e. The zero-order valence-corrected chi connectivity index (χ0v) is 14.4. The molecule has 5 nitrogen and oxygen atoms in total. The Morgan fingerprint density at radius 3 is 2.71 bits per heavy atom. The lowest BCUT2D eigenvalue weighted by molar-refractivity contribution is 0.501. The molecule has 0 aliphatic rings. The number of thiazole rings is 1. The fourth-order valence-electron chi connectivity index (χ4n) is 2.14. The van der Waals surface area contributed by atoms with Crippen molar-refractivity contribution in [2.45, 2.75) is 59.0 Å². The van der Waals surface area contributed by atoms with Crippen LogP contribution in [0.4, 0.5) is 0 Å². The summed E-state index contributed by atoms with van der Waals surface area (Å²) in [6.45, 7) is 12.8. The van der Waals surface area contributed by atoms with Gasteiger partial charge in [-0.2, -0.15) is 0 Å². The number of aromatic nitrogens is 4. The molecule has 1 atom stereocenters. The lowest BCUT2D eigenvalue weighted by Crippen LogP contribution is -2.21. The fourth-order valence-corrected chi connectivity index (χ4v) is 3.29. The van der Waals surface area contributed by atoms with Gasteiger partial charge in [0.05, 0.1) is 16.9 Å². The van der Waals surface area contributed by atoms with Crippen molar-refractivity contribution < 1.29 is 0 Å². The summed E-state index contributed by atoms with van der Waals surface area (Å²) in [5.41, 5.74) is 1.28. The van der Waals surface area contributed by atoms with E-state index in [1.54, 1.807) is 6.20 Å². The van der Waals surface area contributed by atoms with Gasteiger partial charge in [0.25, 0.3) is 0 Å². The number of hydrogen-bond acceptors (Lipinski definition) is 5. The molecule has 21 heavy (non-hydrogen) atoms. The highest BCUT2D eigenvalue weighted by Gasteiger charge is 2.22. The van der Waals surface area contributed by atoms with Gasteiger partial charge in [-0.05, 0) is 26.8 Å². The van der Waals surface area contributed by atoms with Crippen molar-refractivity contribution in [1.82, 2.24) is 25.3 Å². The molecule has 2 rings (SSSR count). The first kappa shape index (κ1) is 16.1. The standard InChI is InChI=1S/C15H25N5S/c1-11(16-7-6-9-20-10-8-17-19-20)13-12(2)18-14(21-13)15(3,4)5/h8,10-11,16H,6-7,9H2,1-5H3. The van der Waals surface area contributed by atoms with Crippen molar-refractivity contribution in [1.29, 1.82) is 0 Å². The molecule has 0 amide bonds. The molecule has 0 bridgehead atoms. The van der Waals surface area contributed by atoms with E-state index in [9.17, 15) is 0 Å². The van der Waals surface area contributed by atoms with Crippen molar-refractivity contribution in [2.75, 3.05) is 6.54 Å². The first-order chi connectivity index (χ1) is 9.88. The Morgan fingerprint density at radius 2 is 2.14 bits per heavy atom. The van der Waals surface area contributed by atoms with Gasteiger partial charge in [0, 0.05) is 29.1 Å². The van der Waals surface area contributed by atoms with Crippen LogP contribution in [0.3, 0.4) is 0 Å². The zero-order chi connectivity index (χ0) is 15.5. The van der Waals surface area contributed by atoms with Gasteiger partial charge in [0.1, 0.15) is 0 Å². The fraction of sp³-hybridized carbons (Fsp3) is 0.667. The first-order valence-corrected chi connectivity index (χ1v) is 8.25. The molecule has 2 aromatic rings. The molecule has 0 spiro atoms. The Labute approximate surface area is 130 Å². The van der Waals surface area contributed by atoms with Gasteiger partial charge in [-0.25, -0.2) is 4.98 Å². The van der Waals surface area contributed by atoms with Crippen LogP contribution >= 0.6 is 11.3 Å². The van der Waals surface area contributed by atoms with Crippen molar-refractivity contribution in [3.63, 3.8) is 0 Å². The van der Waals surface area contributed by atoms with E-state index in [-0.39, 0.29) is 5.41 Å². The summed E-state index contributed by atoms with van der Waals surface area (Å²) in [5, 5.41) is 12.6. The monoisotopic (exact) mass is 307 g/mol. The van der Waals surface area contributed by atoms with Gasteiger partial charge in [0.2, 0.25) is 0 Å². The predicted octanol–water partition coefficient (Wildman–Crippen LogP) is 3.08. The van der Waals surface area contributed by atoms with E-state index >= 15 is 0 Å². The van der Waals surface area contributed by atoms with Gasteiger partial charge >= 0.3 is 0 Å². The lowest BCUT2D eigenvalue weighted by Gasteiger charge is -2.14. The average molecular weight is 307 g/mol. The zero-order valence-electron chi connectivity index (χ0n) is 13.6. The SMILES string of the molecule is Cc1nc(C(C)(C)C)sc1C(C)NCCCn1ccnn1. The quantitative estimate of drug-likeness (QED) is 0.833. The highest BCUT2D eigenvalue weighted by atomic mass is 32.1. The highest BCUT2D eigenvalue weighted by molar-refractivity contribution is 7.12. The third kappa shape index (κ3) is 4.35. The summed E-state index contributed by atoms with van der Waals surface area (Å²) >= 11 is 1.83. The topological polar surface area (TPSA) is 55.6 Å². The number of aryl methyl sites for hydroxylation is 2. The van der Waals surface area contributed by atoms with Gasteiger partial charge in [0.15, 0.2) is 0 Å². The third-order valence-corrected chi connectivity index (χ3v) is 5.12. The molecule has 2 heterocycles. The lowest BCUT2D eigenvalue weighted by atomic mass is 9.98. The summed E-state index contributed by atoms with van der Waals surface area (Å²) in [5.74, 6) is 0. The third-order valence-electron chi connectivity index (χ3n) is 3.35. The summed E-state index contributed by atoms with van der Waals surface area (Å²) in [6.07, 6.45) is 4.65. The Morgan fingerprint density at radius 1 is 1.38 bits per heavy atom. The van der Waals surface area contributed by atoms with Crippen LogP contribution in [0.5, 0.6) is 0 Å². The largest absolute Gasteiger partial charge is 0.309 e. The minimum absolute atomic E-state index is 0.125. The average Bonchev–Trinajstić information content (AvgIpc) is 3.02. The van der Waals surface area contributed by atoms with E-state index in [0.29, 0.717) is 6.04 Å². The molecule has 1 unspecified atom stereocenters. The van der Waals surface area contributed by atoms with Crippen molar-refractivity contribution in [3.8, 4) is 0 Å². The van der Waals surface area contributed by atoms with Crippen LogP contribution in [-0.4, -0.2) is 26.5 Å². The molecule has 116 valence electrons. The maximum Gasteiger partial charge on any atom is 0.0985 e. The van der Waals surface area contributed by atoms with Gasteiger partial charge in [-0.1, -0.05) is 26.0 Å². The molecule has 0 saturated heterocycles. The van der Waals surface area contributed by atoms with Crippen LogP contribution in [0.2, 0.25) is 0 Å². The summed E-state index contributed by atoms with van der Waals surface area (Å²) in [6, 6.07) is 0.342.